The summed E-state index contributed by atoms with van der Waals surface area (Å²) in [4.78, 5) is 0. The van der Waals surface area contributed by atoms with E-state index in [1.165, 1.54) is 0 Å². The first-order valence-electron chi connectivity index (χ1n) is 3.34. The van der Waals surface area contributed by atoms with Crippen molar-refractivity contribution >= 4 is 12.0 Å². The van der Waals surface area contributed by atoms with Crippen LogP contribution in [0.4, 0.5) is 0 Å². The van der Waals surface area contributed by atoms with Crippen LogP contribution in [-0.2, 0) is 0 Å². The minimum Gasteiger partial charge on any atom is -0.328 e. The van der Waals surface area contributed by atoms with Gasteiger partial charge in [-0.1, -0.05) is 12.1 Å². The van der Waals surface area contributed by atoms with Crippen molar-refractivity contribution in [1.82, 2.24) is 0 Å². The number of nitrogens with two attached hydrogens (primary N) is 1. The van der Waals surface area contributed by atoms with E-state index in [9.17, 15) is 0 Å². The Morgan fingerprint density at radius 2 is 2.00 bits per heavy atom. The molecule has 1 aromatic rings. The highest BCUT2D eigenvalue weighted by Gasteiger charge is 2.03. The number of hydrogen-bond donors (Lipinski definition) is 2. The highest BCUT2D eigenvalue weighted by molar-refractivity contribution is 7.93. The molecule has 0 aromatic heterocycles. The Morgan fingerprint density at radius 3 is 2.42 bits per heavy atom. The number of nitrogens with zero attached hydrogens (tertiary/aromatic N) is 1. The van der Waals surface area contributed by atoms with Gasteiger partial charge >= 0.3 is 0 Å². The highest BCUT2D eigenvalue weighted by atomic mass is 32.2. The average Bonchev–Trinajstić information content (AvgIpc) is 2.17. The Kier molecular flexibility index (Phi) is 3.11. The Morgan fingerprint density at radius 1 is 1.42 bits per heavy atom. The van der Waals surface area contributed by atoms with E-state index >= 15 is 0 Å². The fraction of sp³-hybridized carbons (Fsp3) is 0.125. The highest BCUT2D eigenvalue weighted by Crippen LogP contribution is 2.19. The van der Waals surface area contributed by atoms with Crippen LogP contribution in [0.1, 0.15) is 16.5 Å². The van der Waals surface area contributed by atoms with Gasteiger partial charge in [0.25, 0.3) is 0 Å². The van der Waals surface area contributed by atoms with Crippen LogP contribution in [-0.4, -0.2) is 4.55 Å². The molecule has 1 atom stereocenters. The van der Waals surface area contributed by atoms with Crippen LogP contribution in [0.15, 0.2) is 24.3 Å². The van der Waals surface area contributed by atoms with Gasteiger partial charge in [-0.15, -0.1) is 0 Å². The lowest BCUT2D eigenvalue weighted by Gasteiger charge is -2.05. The Labute approximate surface area is 75.0 Å². The van der Waals surface area contributed by atoms with E-state index < -0.39 is 5.37 Å². The summed E-state index contributed by atoms with van der Waals surface area (Å²) in [6.07, 6.45) is 0. The lowest BCUT2D eigenvalue weighted by atomic mass is 10.1. The summed E-state index contributed by atoms with van der Waals surface area (Å²) in [7, 11) is 0. The normalized spacial score (nSPS) is 12.1. The van der Waals surface area contributed by atoms with E-state index in [0.29, 0.717) is 17.6 Å². The SMILES string of the molecule is N#Cc1ccc(C(N)SO)cc1. The molecule has 1 unspecified atom stereocenters. The van der Waals surface area contributed by atoms with Crippen molar-refractivity contribution in [2.75, 3.05) is 0 Å². The first-order valence-corrected chi connectivity index (χ1v) is 4.17. The molecule has 3 N–H and O–H groups in total. The van der Waals surface area contributed by atoms with Crippen molar-refractivity contribution in [2.45, 2.75) is 5.37 Å². The van der Waals surface area contributed by atoms with E-state index in [1.54, 1.807) is 24.3 Å². The minimum atomic E-state index is -0.433. The predicted octanol–water partition coefficient (Wildman–Crippen LogP) is 1.72. The first kappa shape index (κ1) is 9.07. The molecule has 0 saturated carbocycles. The largest absolute Gasteiger partial charge is 0.328 e. The third-order valence-corrected chi connectivity index (χ3v) is 1.98. The van der Waals surface area contributed by atoms with Gasteiger partial charge in [0.15, 0.2) is 0 Å². The zero-order valence-electron chi connectivity index (χ0n) is 6.27. The lowest BCUT2D eigenvalue weighted by molar-refractivity contribution is 0.651. The Hall–Kier alpha value is -1.02. The van der Waals surface area contributed by atoms with Gasteiger partial charge in [0, 0.05) is 12.0 Å². The van der Waals surface area contributed by atoms with Gasteiger partial charge in [0.05, 0.1) is 11.6 Å². The van der Waals surface area contributed by atoms with Crippen LogP contribution in [0.2, 0.25) is 0 Å². The zero-order chi connectivity index (χ0) is 8.97. The minimum absolute atomic E-state index is 0.433. The molecule has 0 aliphatic carbocycles. The molecule has 4 heteroatoms. The van der Waals surface area contributed by atoms with Crippen LogP contribution >= 0.6 is 12.0 Å². The zero-order valence-corrected chi connectivity index (χ0v) is 7.08. The second kappa shape index (κ2) is 4.12. The van der Waals surface area contributed by atoms with Crippen molar-refractivity contribution in [3.63, 3.8) is 0 Å². The van der Waals surface area contributed by atoms with Crippen LogP contribution in [0.3, 0.4) is 0 Å². The maximum Gasteiger partial charge on any atom is 0.103 e. The molecule has 1 rings (SSSR count). The maximum absolute atomic E-state index is 8.64. The van der Waals surface area contributed by atoms with Gasteiger partial charge in [0.2, 0.25) is 0 Å². The molecule has 0 radical (unpaired) electrons. The molecule has 0 aliphatic heterocycles. The summed E-state index contributed by atoms with van der Waals surface area (Å²) in [6.45, 7) is 0. The molecule has 0 heterocycles. The second-order valence-electron chi connectivity index (χ2n) is 2.26. The van der Waals surface area contributed by atoms with Gasteiger partial charge in [-0.25, -0.2) is 0 Å². The van der Waals surface area contributed by atoms with Gasteiger partial charge in [-0.3, -0.25) is 0 Å². The molecule has 12 heavy (non-hydrogen) atoms. The summed E-state index contributed by atoms with van der Waals surface area (Å²) in [6, 6.07) is 8.80. The molecule has 62 valence electrons. The standard InChI is InChI=1S/C8H8N2OS/c9-5-6-1-3-7(4-2-6)8(10)12-11/h1-4,8,11H,10H2. The summed E-state index contributed by atoms with van der Waals surface area (Å²) in [5.74, 6) is 0. The van der Waals surface area contributed by atoms with Gasteiger partial charge < -0.3 is 10.3 Å². The first-order chi connectivity index (χ1) is 5.77. The molecule has 0 aliphatic rings. The van der Waals surface area contributed by atoms with E-state index in [-0.39, 0.29) is 0 Å². The van der Waals surface area contributed by atoms with Crippen molar-refractivity contribution in [3.05, 3.63) is 35.4 Å². The van der Waals surface area contributed by atoms with E-state index in [0.717, 1.165) is 5.56 Å². The monoisotopic (exact) mass is 180 g/mol. The summed E-state index contributed by atoms with van der Waals surface area (Å²) in [5, 5.41) is 8.06. The van der Waals surface area contributed by atoms with E-state index in [1.807, 2.05) is 6.07 Å². The van der Waals surface area contributed by atoms with Crippen LogP contribution < -0.4 is 5.73 Å². The predicted molar refractivity (Wildman–Crippen MR) is 48.3 cm³/mol. The smallest absolute Gasteiger partial charge is 0.103 e. The number of nitriles is 1. The summed E-state index contributed by atoms with van der Waals surface area (Å²) >= 11 is 0.586. The average molecular weight is 180 g/mol. The molecule has 3 nitrogen and oxygen atoms in total. The third-order valence-electron chi connectivity index (χ3n) is 1.48. The van der Waals surface area contributed by atoms with Crippen LogP contribution in [0, 0.1) is 11.3 Å². The van der Waals surface area contributed by atoms with Gasteiger partial charge in [0.1, 0.15) is 5.37 Å². The van der Waals surface area contributed by atoms with Crippen LogP contribution in [0.25, 0.3) is 0 Å². The van der Waals surface area contributed by atoms with E-state index in [2.05, 4.69) is 0 Å². The maximum atomic E-state index is 8.64. The fourth-order valence-corrected chi connectivity index (χ4v) is 1.09. The van der Waals surface area contributed by atoms with Crippen LogP contribution in [0.5, 0.6) is 0 Å². The molecule has 1 aromatic carbocycles. The molecular weight excluding hydrogens is 172 g/mol. The fourth-order valence-electron chi connectivity index (χ4n) is 0.808. The number of rotatable bonds is 2. The lowest BCUT2D eigenvalue weighted by Crippen LogP contribution is -2.04. The molecule has 0 saturated heterocycles. The molecule has 0 spiro atoms. The molecule has 0 amide bonds. The topological polar surface area (TPSA) is 70.0 Å². The quantitative estimate of drug-likeness (QED) is 0.537. The molecule has 0 bridgehead atoms. The van der Waals surface area contributed by atoms with E-state index in [4.69, 9.17) is 15.5 Å². The van der Waals surface area contributed by atoms with Crippen molar-refractivity contribution in [3.8, 4) is 6.07 Å². The van der Waals surface area contributed by atoms with Crippen molar-refractivity contribution in [2.24, 2.45) is 5.73 Å². The van der Waals surface area contributed by atoms with Crippen molar-refractivity contribution in [1.29, 1.82) is 5.26 Å². The van der Waals surface area contributed by atoms with Gasteiger partial charge in [-0.05, 0) is 17.7 Å². The second-order valence-corrected chi connectivity index (χ2v) is 2.98. The number of benzene rings is 1. The summed E-state index contributed by atoms with van der Waals surface area (Å²) in [5.41, 5.74) is 6.91. The third kappa shape index (κ3) is 1.98. The molecule has 0 fully saturated rings. The van der Waals surface area contributed by atoms with Crippen molar-refractivity contribution < 1.29 is 4.55 Å². The Bertz CT molecular complexity index is 291. The number of hydrogen-bond acceptors (Lipinski definition) is 4. The summed E-state index contributed by atoms with van der Waals surface area (Å²) < 4.78 is 8.64. The Balaban J connectivity index is 2.86. The van der Waals surface area contributed by atoms with Gasteiger partial charge in [-0.2, -0.15) is 5.26 Å². The molecular formula is C8H8N2OS.